The zero-order valence-corrected chi connectivity index (χ0v) is 16.0. The molecule has 1 heterocycles. The smallest absolute Gasteiger partial charge is 0.416 e. The van der Waals surface area contributed by atoms with Gasteiger partial charge in [-0.1, -0.05) is 15.9 Å². The maximum absolute atomic E-state index is 13.1. The van der Waals surface area contributed by atoms with Crippen molar-refractivity contribution in [2.75, 3.05) is 5.32 Å². The van der Waals surface area contributed by atoms with Crippen molar-refractivity contribution >= 4 is 27.5 Å². The number of amides is 1. The predicted octanol–water partition coefficient (Wildman–Crippen LogP) is 4.36. The Balaban J connectivity index is 1.85. The highest BCUT2D eigenvalue weighted by atomic mass is 79.9. The molecule has 148 valence electrons. The Bertz CT molecular complexity index is 1070. The quantitative estimate of drug-likeness (QED) is 0.603. The topological polar surface area (TPSA) is 92.8 Å². The summed E-state index contributed by atoms with van der Waals surface area (Å²) in [5.74, 6) is -0.390. The molecule has 3 rings (SSSR count). The molecule has 0 bridgehead atoms. The molecular weight excluding hydrogens is 455 g/mol. The molecule has 0 atom stereocenters. The summed E-state index contributed by atoms with van der Waals surface area (Å²) in [6, 6.07) is 11.1. The molecule has 1 N–H and O–H groups in total. The fourth-order valence-corrected chi connectivity index (χ4v) is 2.55. The lowest BCUT2D eigenvalue weighted by molar-refractivity contribution is -0.137. The molecule has 7 nitrogen and oxygen atoms in total. The number of rotatable bonds is 5. The molecule has 0 unspecified atom stereocenters. The molecule has 29 heavy (non-hydrogen) atoms. The van der Waals surface area contributed by atoms with Crippen LogP contribution in [0.15, 0.2) is 53.3 Å². The lowest BCUT2D eigenvalue weighted by Crippen LogP contribution is -2.20. The molecule has 0 saturated carbocycles. The molecule has 0 radical (unpaired) electrons. The van der Waals surface area contributed by atoms with Gasteiger partial charge in [-0.3, -0.25) is 4.79 Å². The van der Waals surface area contributed by atoms with E-state index in [0.29, 0.717) is 5.75 Å². The van der Waals surface area contributed by atoms with Crippen molar-refractivity contribution in [1.29, 1.82) is 5.26 Å². The maximum Gasteiger partial charge on any atom is 0.416 e. The van der Waals surface area contributed by atoms with Gasteiger partial charge in [0, 0.05) is 4.47 Å². The number of ether oxygens (including phenoxy) is 1. The molecule has 2 aromatic carbocycles. The van der Waals surface area contributed by atoms with Crippen LogP contribution in [0, 0.1) is 11.3 Å². The number of hydrogen-bond donors (Lipinski definition) is 1. The number of carbonyl (C=O) groups excluding carboxylic acids is 1. The summed E-state index contributed by atoms with van der Waals surface area (Å²) in [4.78, 5) is 15.9. The Morgan fingerprint density at radius 3 is 2.59 bits per heavy atom. The lowest BCUT2D eigenvalue weighted by Gasteiger charge is -2.15. The van der Waals surface area contributed by atoms with Gasteiger partial charge in [-0.25, -0.2) is 9.67 Å². The van der Waals surface area contributed by atoms with Crippen molar-refractivity contribution in [2.24, 2.45) is 0 Å². The molecule has 0 spiro atoms. The van der Waals surface area contributed by atoms with Crippen LogP contribution in [0.25, 0.3) is 0 Å². The number of nitrogens with one attached hydrogen (secondary N) is 1. The van der Waals surface area contributed by atoms with Crippen molar-refractivity contribution in [1.82, 2.24) is 14.8 Å². The first-order valence-electron chi connectivity index (χ1n) is 7.98. The molecule has 0 saturated heterocycles. The van der Waals surface area contributed by atoms with Crippen LogP contribution >= 0.6 is 15.9 Å². The third-order valence-electron chi connectivity index (χ3n) is 3.56. The molecule has 0 aliphatic carbocycles. The highest BCUT2D eigenvalue weighted by molar-refractivity contribution is 9.10. The molecule has 0 aliphatic heterocycles. The number of benzene rings is 2. The minimum Gasteiger partial charge on any atom is -0.455 e. The van der Waals surface area contributed by atoms with E-state index in [1.165, 1.54) is 6.33 Å². The van der Waals surface area contributed by atoms with E-state index in [2.05, 4.69) is 31.3 Å². The van der Waals surface area contributed by atoms with E-state index in [1.807, 2.05) is 0 Å². The number of aromatic nitrogens is 3. The van der Waals surface area contributed by atoms with Crippen LogP contribution in [0.5, 0.6) is 11.5 Å². The first-order chi connectivity index (χ1) is 13.7. The van der Waals surface area contributed by atoms with Crippen molar-refractivity contribution in [3.8, 4) is 17.6 Å². The highest BCUT2D eigenvalue weighted by Crippen LogP contribution is 2.37. The average molecular weight is 466 g/mol. The Kier molecular flexibility index (Phi) is 5.84. The minimum absolute atomic E-state index is 0.0324. The van der Waals surface area contributed by atoms with Gasteiger partial charge in [-0.05, 0) is 42.5 Å². The summed E-state index contributed by atoms with van der Waals surface area (Å²) < 4.78 is 46.8. The van der Waals surface area contributed by atoms with Crippen LogP contribution in [0.4, 0.5) is 18.9 Å². The normalized spacial score (nSPS) is 11.0. The molecule has 1 aromatic heterocycles. The van der Waals surface area contributed by atoms with E-state index in [-0.39, 0.29) is 23.8 Å². The number of hydrogen-bond acceptors (Lipinski definition) is 5. The van der Waals surface area contributed by atoms with Crippen LogP contribution in [0.3, 0.4) is 0 Å². The van der Waals surface area contributed by atoms with E-state index in [9.17, 15) is 18.0 Å². The Morgan fingerprint density at radius 1 is 1.24 bits per heavy atom. The second-order valence-electron chi connectivity index (χ2n) is 5.69. The first kappa shape index (κ1) is 20.3. The van der Waals surface area contributed by atoms with E-state index >= 15 is 0 Å². The molecule has 3 aromatic rings. The second-order valence-corrected chi connectivity index (χ2v) is 6.61. The van der Waals surface area contributed by atoms with Crippen molar-refractivity contribution in [3.63, 3.8) is 0 Å². The standard InChI is InChI=1S/C18H11BrF3N5O2/c19-12-2-4-13(5-3-12)29-15-6-1-11(18(20,21)22)7-14(15)25-17(28)9-27-10-24-16(8-23)26-27/h1-7,10H,9H2,(H,25,28). The third kappa shape index (κ3) is 5.32. The Hall–Kier alpha value is -3.39. The number of halogens is 4. The van der Waals surface area contributed by atoms with Gasteiger partial charge in [0.2, 0.25) is 5.91 Å². The third-order valence-corrected chi connectivity index (χ3v) is 4.09. The van der Waals surface area contributed by atoms with Crippen molar-refractivity contribution in [3.05, 3.63) is 64.7 Å². The van der Waals surface area contributed by atoms with Gasteiger partial charge >= 0.3 is 6.18 Å². The van der Waals surface area contributed by atoms with Gasteiger partial charge in [0.1, 0.15) is 24.7 Å². The van der Waals surface area contributed by atoms with E-state index in [1.54, 1.807) is 30.3 Å². The largest absolute Gasteiger partial charge is 0.455 e. The minimum atomic E-state index is -4.59. The number of anilines is 1. The van der Waals surface area contributed by atoms with Crippen molar-refractivity contribution < 1.29 is 22.7 Å². The summed E-state index contributed by atoms with van der Waals surface area (Å²) in [6.45, 7) is -0.345. The van der Waals surface area contributed by atoms with Gasteiger partial charge in [-0.2, -0.15) is 18.4 Å². The molecular formula is C18H11BrF3N5O2. The summed E-state index contributed by atoms with van der Waals surface area (Å²) in [5.41, 5.74) is -1.10. The fraction of sp³-hybridized carbons (Fsp3) is 0.111. The van der Waals surface area contributed by atoms with Crippen LogP contribution in [0.1, 0.15) is 11.4 Å². The fourth-order valence-electron chi connectivity index (χ4n) is 2.28. The van der Waals surface area contributed by atoms with E-state index in [0.717, 1.165) is 27.4 Å². The summed E-state index contributed by atoms with van der Waals surface area (Å²) in [5, 5.41) is 14.8. The van der Waals surface area contributed by atoms with Crippen LogP contribution in [-0.4, -0.2) is 20.7 Å². The summed E-state index contributed by atoms with van der Waals surface area (Å²) in [6.07, 6.45) is -3.42. The summed E-state index contributed by atoms with van der Waals surface area (Å²) >= 11 is 3.28. The van der Waals surface area contributed by atoms with Gasteiger partial charge in [-0.15, -0.1) is 5.10 Å². The zero-order chi connectivity index (χ0) is 21.0. The van der Waals surface area contributed by atoms with Crippen molar-refractivity contribution in [2.45, 2.75) is 12.7 Å². The SMILES string of the molecule is N#Cc1ncn(CC(=O)Nc2cc(C(F)(F)F)ccc2Oc2ccc(Br)cc2)n1. The summed E-state index contributed by atoms with van der Waals surface area (Å²) in [7, 11) is 0. The molecule has 0 aliphatic rings. The average Bonchev–Trinajstić information content (AvgIpc) is 3.11. The number of nitriles is 1. The van der Waals surface area contributed by atoms with Crippen LogP contribution in [-0.2, 0) is 17.5 Å². The molecule has 11 heteroatoms. The second kappa shape index (κ2) is 8.32. The maximum atomic E-state index is 13.1. The highest BCUT2D eigenvalue weighted by Gasteiger charge is 2.31. The molecule has 1 amide bonds. The molecule has 0 fully saturated rings. The van der Waals surface area contributed by atoms with Gasteiger partial charge in [0.25, 0.3) is 5.82 Å². The number of carbonyl (C=O) groups is 1. The zero-order valence-electron chi connectivity index (χ0n) is 14.4. The van der Waals surface area contributed by atoms with Crippen LogP contribution in [0.2, 0.25) is 0 Å². The lowest BCUT2D eigenvalue weighted by atomic mass is 10.1. The predicted molar refractivity (Wildman–Crippen MR) is 99.0 cm³/mol. The van der Waals surface area contributed by atoms with E-state index < -0.39 is 17.6 Å². The van der Waals surface area contributed by atoms with Gasteiger partial charge in [0.15, 0.2) is 5.75 Å². The monoisotopic (exact) mass is 465 g/mol. The number of nitrogens with zero attached hydrogens (tertiary/aromatic N) is 4. The number of alkyl halides is 3. The van der Waals surface area contributed by atoms with E-state index in [4.69, 9.17) is 10.00 Å². The van der Waals surface area contributed by atoms with Gasteiger partial charge < -0.3 is 10.1 Å². The van der Waals surface area contributed by atoms with Crippen LogP contribution < -0.4 is 10.1 Å². The Labute approximate surface area is 170 Å². The Morgan fingerprint density at radius 2 is 1.97 bits per heavy atom. The van der Waals surface area contributed by atoms with Gasteiger partial charge in [0.05, 0.1) is 11.3 Å². The first-order valence-corrected chi connectivity index (χ1v) is 8.78.